The molecule has 0 radical (unpaired) electrons. The summed E-state index contributed by atoms with van der Waals surface area (Å²) in [4.78, 5) is 13.7. The smallest absolute Gasteiger partial charge is 0.224 e. The molecule has 0 spiro atoms. The normalized spacial score (nSPS) is 41.5. The Kier molecular flexibility index (Phi) is 2.21. The lowest BCUT2D eigenvalue weighted by Gasteiger charge is -2.28. The fourth-order valence-electron chi connectivity index (χ4n) is 2.89. The second-order valence-electron chi connectivity index (χ2n) is 5.04. The Hall–Kier alpha value is -0.610. The van der Waals surface area contributed by atoms with Crippen molar-refractivity contribution in [1.29, 1.82) is 0 Å². The average Bonchev–Trinajstić information content (AvgIpc) is 2.83. The molecule has 1 amide bonds. The molecule has 4 nitrogen and oxygen atoms in total. The molecule has 3 fully saturated rings. The molecular formula is C11H18N2O2. The van der Waals surface area contributed by atoms with E-state index in [9.17, 15) is 4.79 Å². The summed E-state index contributed by atoms with van der Waals surface area (Å²) in [6, 6.07) is 0.358. The van der Waals surface area contributed by atoms with Gasteiger partial charge >= 0.3 is 0 Å². The highest BCUT2D eigenvalue weighted by Gasteiger charge is 2.46. The Labute approximate surface area is 89.7 Å². The second-order valence-corrected chi connectivity index (χ2v) is 5.04. The van der Waals surface area contributed by atoms with E-state index < -0.39 is 0 Å². The van der Waals surface area contributed by atoms with Crippen LogP contribution in [0.1, 0.15) is 25.7 Å². The predicted molar refractivity (Wildman–Crippen MR) is 55.2 cm³/mol. The zero-order valence-corrected chi connectivity index (χ0v) is 8.89. The maximum Gasteiger partial charge on any atom is 0.224 e. The number of hydrogen-bond donors (Lipinski definition) is 1. The van der Waals surface area contributed by atoms with Gasteiger partial charge in [-0.2, -0.15) is 0 Å². The van der Waals surface area contributed by atoms with E-state index in [1.807, 2.05) is 4.90 Å². The fraction of sp³-hybridized carbons (Fsp3) is 0.909. The van der Waals surface area contributed by atoms with E-state index in [1.165, 1.54) is 12.8 Å². The van der Waals surface area contributed by atoms with Crippen LogP contribution in [0.25, 0.3) is 0 Å². The van der Waals surface area contributed by atoms with Gasteiger partial charge in [0.05, 0.1) is 12.1 Å². The fourth-order valence-corrected chi connectivity index (χ4v) is 2.89. The van der Waals surface area contributed by atoms with Gasteiger partial charge in [-0.15, -0.1) is 0 Å². The maximum absolute atomic E-state index is 11.8. The van der Waals surface area contributed by atoms with Crippen LogP contribution in [0, 0.1) is 5.92 Å². The van der Waals surface area contributed by atoms with Gasteiger partial charge < -0.3 is 15.4 Å². The number of carbonyl (C=O) groups excluding carboxylic acids is 1. The Balaban J connectivity index is 1.72. The van der Waals surface area contributed by atoms with Crippen LogP contribution in [0.15, 0.2) is 0 Å². The quantitative estimate of drug-likeness (QED) is 0.704. The maximum atomic E-state index is 11.8. The molecule has 15 heavy (non-hydrogen) atoms. The van der Waals surface area contributed by atoms with Crippen LogP contribution < -0.4 is 5.73 Å². The van der Waals surface area contributed by atoms with Crippen molar-refractivity contribution in [3.05, 3.63) is 0 Å². The first-order valence-corrected chi connectivity index (χ1v) is 5.92. The van der Waals surface area contributed by atoms with Crippen molar-refractivity contribution in [2.24, 2.45) is 11.7 Å². The highest BCUT2D eigenvalue weighted by Crippen LogP contribution is 2.41. The number of carbonyl (C=O) groups is 1. The minimum absolute atomic E-state index is 0.0398. The number of nitrogens with two attached hydrogens (primary N) is 1. The molecule has 0 aromatic heterocycles. The number of hydrogen-bond acceptors (Lipinski definition) is 3. The molecule has 0 bridgehead atoms. The summed E-state index contributed by atoms with van der Waals surface area (Å²) < 4.78 is 5.75. The molecule has 1 saturated carbocycles. The highest BCUT2D eigenvalue weighted by atomic mass is 16.5. The molecule has 2 heterocycles. The van der Waals surface area contributed by atoms with Gasteiger partial charge in [-0.1, -0.05) is 0 Å². The molecule has 1 aliphatic carbocycles. The summed E-state index contributed by atoms with van der Waals surface area (Å²) in [5.41, 5.74) is 5.82. The number of amides is 1. The van der Waals surface area contributed by atoms with E-state index in [4.69, 9.17) is 10.5 Å². The van der Waals surface area contributed by atoms with Crippen molar-refractivity contribution < 1.29 is 9.53 Å². The minimum atomic E-state index is 0.0398. The summed E-state index contributed by atoms with van der Waals surface area (Å²) in [5.74, 6) is 0.936. The molecule has 0 aromatic rings. The van der Waals surface area contributed by atoms with Crippen molar-refractivity contribution in [1.82, 2.24) is 4.90 Å². The average molecular weight is 210 g/mol. The SMILES string of the molecule is NC1CC(=O)N(C2CCOC2C2CC2)C1. The largest absolute Gasteiger partial charge is 0.376 e. The van der Waals surface area contributed by atoms with E-state index in [-0.39, 0.29) is 11.9 Å². The summed E-state index contributed by atoms with van der Waals surface area (Å²) in [6.45, 7) is 1.54. The highest BCUT2D eigenvalue weighted by molar-refractivity contribution is 5.79. The van der Waals surface area contributed by atoms with Crippen LogP contribution in [0.5, 0.6) is 0 Å². The zero-order chi connectivity index (χ0) is 10.4. The molecule has 3 rings (SSSR count). The van der Waals surface area contributed by atoms with Crippen molar-refractivity contribution in [3.8, 4) is 0 Å². The molecule has 3 unspecified atom stereocenters. The third-order valence-electron chi connectivity index (χ3n) is 3.78. The van der Waals surface area contributed by atoms with Gasteiger partial charge in [0, 0.05) is 25.6 Å². The van der Waals surface area contributed by atoms with Gasteiger partial charge in [0.15, 0.2) is 0 Å². The second kappa shape index (κ2) is 3.46. The first-order chi connectivity index (χ1) is 7.25. The van der Waals surface area contributed by atoms with Crippen molar-refractivity contribution in [2.75, 3.05) is 13.2 Å². The third-order valence-corrected chi connectivity index (χ3v) is 3.78. The van der Waals surface area contributed by atoms with Crippen LogP contribution in [-0.2, 0) is 9.53 Å². The Morgan fingerprint density at radius 1 is 1.33 bits per heavy atom. The van der Waals surface area contributed by atoms with Gasteiger partial charge in [0.25, 0.3) is 0 Å². The van der Waals surface area contributed by atoms with Crippen molar-refractivity contribution >= 4 is 5.91 Å². The van der Waals surface area contributed by atoms with Gasteiger partial charge in [0.2, 0.25) is 5.91 Å². The van der Waals surface area contributed by atoms with E-state index in [0.29, 0.717) is 24.5 Å². The van der Waals surface area contributed by atoms with Crippen molar-refractivity contribution in [2.45, 2.75) is 43.9 Å². The molecule has 2 aliphatic heterocycles. The van der Waals surface area contributed by atoms with Crippen LogP contribution in [0.4, 0.5) is 0 Å². The summed E-state index contributed by atoms with van der Waals surface area (Å²) >= 11 is 0. The first kappa shape index (κ1) is 9.60. The molecule has 3 atom stereocenters. The first-order valence-electron chi connectivity index (χ1n) is 5.92. The summed E-state index contributed by atoms with van der Waals surface area (Å²) in [7, 11) is 0. The Bertz CT molecular complexity index is 278. The van der Waals surface area contributed by atoms with E-state index >= 15 is 0 Å². The van der Waals surface area contributed by atoms with Gasteiger partial charge in [-0.3, -0.25) is 4.79 Å². The molecule has 3 aliphatic rings. The lowest BCUT2D eigenvalue weighted by Crippen LogP contribution is -2.43. The Morgan fingerprint density at radius 3 is 2.73 bits per heavy atom. The van der Waals surface area contributed by atoms with E-state index in [1.54, 1.807) is 0 Å². The number of rotatable bonds is 2. The van der Waals surface area contributed by atoms with Crippen LogP contribution in [0.3, 0.4) is 0 Å². The van der Waals surface area contributed by atoms with Crippen LogP contribution >= 0.6 is 0 Å². The number of nitrogens with zero attached hydrogens (tertiary/aromatic N) is 1. The topological polar surface area (TPSA) is 55.6 Å². The zero-order valence-electron chi connectivity index (χ0n) is 8.89. The monoisotopic (exact) mass is 210 g/mol. The molecular weight excluding hydrogens is 192 g/mol. The molecule has 2 saturated heterocycles. The summed E-state index contributed by atoms with van der Waals surface area (Å²) in [6.07, 6.45) is 4.37. The molecule has 84 valence electrons. The van der Waals surface area contributed by atoms with Gasteiger partial charge in [0.1, 0.15) is 0 Å². The molecule has 0 aromatic carbocycles. The van der Waals surface area contributed by atoms with Gasteiger partial charge in [-0.25, -0.2) is 0 Å². The number of ether oxygens (including phenoxy) is 1. The molecule has 4 heteroatoms. The van der Waals surface area contributed by atoms with E-state index in [2.05, 4.69) is 0 Å². The predicted octanol–water partition coefficient (Wildman–Crippen LogP) is 0.113. The summed E-state index contributed by atoms with van der Waals surface area (Å²) in [5, 5.41) is 0. The minimum Gasteiger partial charge on any atom is -0.376 e. The molecule has 2 N–H and O–H groups in total. The standard InChI is InChI=1S/C11H18N2O2/c12-8-5-10(14)13(6-8)9-3-4-15-11(9)7-1-2-7/h7-9,11H,1-6,12H2. The Morgan fingerprint density at radius 2 is 2.13 bits per heavy atom. The van der Waals surface area contributed by atoms with E-state index in [0.717, 1.165) is 19.6 Å². The van der Waals surface area contributed by atoms with Gasteiger partial charge in [-0.05, 0) is 25.2 Å². The van der Waals surface area contributed by atoms with Crippen LogP contribution in [-0.4, -0.2) is 42.1 Å². The lowest BCUT2D eigenvalue weighted by molar-refractivity contribution is -0.130. The lowest BCUT2D eigenvalue weighted by atomic mass is 10.1. The third kappa shape index (κ3) is 1.66. The number of likely N-dealkylation sites (tertiary alicyclic amines) is 1. The van der Waals surface area contributed by atoms with Crippen LogP contribution in [0.2, 0.25) is 0 Å². The van der Waals surface area contributed by atoms with Crippen molar-refractivity contribution in [3.63, 3.8) is 0 Å².